The second-order valence-electron chi connectivity index (χ2n) is 6.22. The Balaban J connectivity index is 1.72. The zero-order valence-corrected chi connectivity index (χ0v) is 13.2. The highest BCUT2D eigenvalue weighted by molar-refractivity contribution is 5.31. The van der Waals surface area contributed by atoms with Crippen molar-refractivity contribution in [1.29, 1.82) is 0 Å². The molecule has 0 saturated heterocycles. The molecule has 0 fully saturated rings. The Kier molecular flexibility index (Phi) is 7.14. The summed E-state index contributed by atoms with van der Waals surface area (Å²) in [6, 6.07) is 9.64. The first kappa shape index (κ1) is 15.6. The molecule has 0 bridgehead atoms. The summed E-state index contributed by atoms with van der Waals surface area (Å²) < 4.78 is 0. The van der Waals surface area contributed by atoms with E-state index in [9.17, 15) is 0 Å². The molecular formula is C19H31N. The van der Waals surface area contributed by atoms with Gasteiger partial charge in [-0.25, -0.2) is 0 Å². The summed E-state index contributed by atoms with van der Waals surface area (Å²) in [4.78, 5) is 0. The molecule has 0 saturated carbocycles. The molecule has 1 heteroatoms. The highest BCUT2D eigenvalue weighted by Crippen LogP contribution is 2.28. The number of benzene rings is 1. The fourth-order valence-corrected chi connectivity index (χ4v) is 3.31. The number of hydrogen-bond donors (Lipinski definition) is 1. The molecule has 1 aromatic rings. The molecule has 0 heterocycles. The SMILES string of the molecule is CCCCCCCCNC1CCCCc2ccccc21. The number of nitrogens with one attached hydrogen (secondary N) is 1. The molecule has 1 aliphatic carbocycles. The smallest absolute Gasteiger partial charge is 0.0322 e. The van der Waals surface area contributed by atoms with Gasteiger partial charge in [-0.15, -0.1) is 0 Å². The normalized spacial score (nSPS) is 18.6. The third-order valence-corrected chi connectivity index (χ3v) is 4.54. The third kappa shape index (κ3) is 4.94. The van der Waals surface area contributed by atoms with Crippen LogP contribution in [0.15, 0.2) is 24.3 Å². The molecule has 0 radical (unpaired) electrons. The lowest BCUT2D eigenvalue weighted by atomic mass is 9.99. The monoisotopic (exact) mass is 273 g/mol. The van der Waals surface area contributed by atoms with E-state index in [4.69, 9.17) is 0 Å². The Hall–Kier alpha value is -0.820. The van der Waals surface area contributed by atoms with Gasteiger partial charge in [0.05, 0.1) is 0 Å². The number of rotatable bonds is 8. The van der Waals surface area contributed by atoms with Crippen molar-refractivity contribution in [2.75, 3.05) is 6.54 Å². The van der Waals surface area contributed by atoms with Crippen LogP contribution in [0.25, 0.3) is 0 Å². The molecule has 0 amide bonds. The Bertz CT molecular complexity index is 372. The van der Waals surface area contributed by atoms with Gasteiger partial charge < -0.3 is 5.32 Å². The van der Waals surface area contributed by atoms with Gasteiger partial charge in [0, 0.05) is 6.04 Å². The van der Waals surface area contributed by atoms with E-state index in [1.165, 1.54) is 70.8 Å². The molecule has 0 aromatic heterocycles. The molecular weight excluding hydrogens is 242 g/mol. The van der Waals surface area contributed by atoms with Gasteiger partial charge in [-0.3, -0.25) is 0 Å². The Morgan fingerprint density at radius 3 is 2.70 bits per heavy atom. The van der Waals surface area contributed by atoms with Crippen LogP contribution in [0.4, 0.5) is 0 Å². The predicted molar refractivity (Wildman–Crippen MR) is 88.1 cm³/mol. The molecule has 1 aromatic carbocycles. The average Bonchev–Trinajstić information content (AvgIpc) is 2.69. The summed E-state index contributed by atoms with van der Waals surface area (Å²) in [6.45, 7) is 3.47. The van der Waals surface area contributed by atoms with Crippen LogP contribution >= 0.6 is 0 Å². The quantitative estimate of drug-likeness (QED) is 0.493. The second-order valence-corrected chi connectivity index (χ2v) is 6.22. The molecule has 20 heavy (non-hydrogen) atoms. The molecule has 1 N–H and O–H groups in total. The third-order valence-electron chi connectivity index (χ3n) is 4.54. The van der Waals surface area contributed by atoms with Crippen LogP contribution in [0.3, 0.4) is 0 Å². The van der Waals surface area contributed by atoms with Gasteiger partial charge in [0.15, 0.2) is 0 Å². The number of unbranched alkanes of at least 4 members (excludes halogenated alkanes) is 5. The maximum Gasteiger partial charge on any atom is 0.0322 e. The van der Waals surface area contributed by atoms with Gasteiger partial charge in [-0.1, -0.05) is 69.7 Å². The van der Waals surface area contributed by atoms with Gasteiger partial charge in [0.1, 0.15) is 0 Å². The zero-order chi connectivity index (χ0) is 14.0. The van der Waals surface area contributed by atoms with Crippen molar-refractivity contribution < 1.29 is 0 Å². The molecule has 0 spiro atoms. The Morgan fingerprint density at radius 1 is 1.00 bits per heavy atom. The van der Waals surface area contributed by atoms with E-state index in [0.29, 0.717) is 6.04 Å². The minimum Gasteiger partial charge on any atom is -0.310 e. The van der Waals surface area contributed by atoms with Crippen molar-refractivity contribution in [3.63, 3.8) is 0 Å². The summed E-state index contributed by atoms with van der Waals surface area (Å²) in [7, 11) is 0. The van der Waals surface area contributed by atoms with Crippen molar-refractivity contribution >= 4 is 0 Å². The maximum absolute atomic E-state index is 3.81. The van der Waals surface area contributed by atoms with Gasteiger partial charge in [-0.2, -0.15) is 0 Å². The predicted octanol–water partition coefficient (Wildman–Crippen LogP) is 5.40. The highest BCUT2D eigenvalue weighted by atomic mass is 14.9. The number of aryl methyl sites for hydroxylation is 1. The maximum atomic E-state index is 3.81. The standard InChI is InChI=1S/C19H31N/c1-2-3-4-5-6-11-16-20-19-15-10-8-13-17-12-7-9-14-18(17)19/h7,9,12,14,19-20H,2-6,8,10-11,13,15-16H2,1H3. The average molecular weight is 273 g/mol. The molecule has 1 unspecified atom stereocenters. The lowest BCUT2D eigenvalue weighted by Crippen LogP contribution is -2.22. The van der Waals surface area contributed by atoms with Gasteiger partial charge in [0.2, 0.25) is 0 Å². The number of fused-ring (bicyclic) bond motifs is 1. The second kappa shape index (κ2) is 9.18. The molecule has 1 aliphatic rings. The zero-order valence-electron chi connectivity index (χ0n) is 13.2. The minimum absolute atomic E-state index is 0.601. The van der Waals surface area contributed by atoms with Crippen LogP contribution < -0.4 is 5.32 Å². The van der Waals surface area contributed by atoms with E-state index < -0.39 is 0 Å². The topological polar surface area (TPSA) is 12.0 Å². The van der Waals surface area contributed by atoms with E-state index in [0.717, 1.165) is 0 Å². The summed E-state index contributed by atoms with van der Waals surface area (Å²) in [5.41, 5.74) is 3.14. The first-order valence-corrected chi connectivity index (χ1v) is 8.73. The number of hydrogen-bond acceptors (Lipinski definition) is 1. The van der Waals surface area contributed by atoms with Crippen molar-refractivity contribution in [2.24, 2.45) is 0 Å². The Labute approximate surface area is 125 Å². The fraction of sp³-hybridized carbons (Fsp3) is 0.684. The lowest BCUT2D eigenvalue weighted by molar-refractivity contribution is 0.472. The van der Waals surface area contributed by atoms with Crippen LogP contribution in [0.1, 0.15) is 81.9 Å². The van der Waals surface area contributed by atoms with Gasteiger partial charge >= 0.3 is 0 Å². The molecule has 1 nitrogen and oxygen atoms in total. The van der Waals surface area contributed by atoms with Crippen molar-refractivity contribution in [1.82, 2.24) is 5.32 Å². The minimum atomic E-state index is 0.601. The first-order chi connectivity index (χ1) is 9.92. The molecule has 0 aliphatic heterocycles. The van der Waals surface area contributed by atoms with Crippen molar-refractivity contribution in [3.8, 4) is 0 Å². The van der Waals surface area contributed by atoms with E-state index in [1.54, 1.807) is 11.1 Å². The summed E-state index contributed by atoms with van der Waals surface area (Å²) >= 11 is 0. The van der Waals surface area contributed by atoms with E-state index in [1.807, 2.05) is 0 Å². The van der Waals surface area contributed by atoms with Crippen molar-refractivity contribution in [2.45, 2.75) is 77.2 Å². The summed E-state index contributed by atoms with van der Waals surface area (Å²) in [5.74, 6) is 0. The van der Waals surface area contributed by atoms with Gasteiger partial charge in [-0.05, 0) is 43.4 Å². The molecule has 2 rings (SSSR count). The van der Waals surface area contributed by atoms with Gasteiger partial charge in [0.25, 0.3) is 0 Å². The molecule has 1 atom stereocenters. The van der Waals surface area contributed by atoms with Crippen LogP contribution in [0.2, 0.25) is 0 Å². The van der Waals surface area contributed by atoms with Crippen LogP contribution in [0.5, 0.6) is 0 Å². The lowest BCUT2D eigenvalue weighted by Gasteiger charge is -2.19. The molecule has 112 valence electrons. The Morgan fingerprint density at radius 2 is 1.80 bits per heavy atom. The summed E-state index contributed by atoms with van der Waals surface area (Å²) in [5, 5.41) is 3.81. The van der Waals surface area contributed by atoms with E-state index in [2.05, 4.69) is 36.5 Å². The van der Waals surface area contributed by atoms with Crippen molar-refractivity contribution in [3.05, 3.63) is 35.4 Å². The van der Waals surface area contributed by atoms with Crippen LogP contribution in [0, 0.1) is 0 Å². The fourth-order valence-electron chi connectivity index (χ4n) is 3.31. The largest absolute Gasteiger partial charge is 0.310 e. The highest BCUT2D eigenvalue weighted by Gasteiger charge is 2.17. The van der Waals surface area contributed by atoms with Crippen LogP contribution in [-0.4, -0.2) is 6.54 Å². The summed E-state index contributed by atoms with van der Waals surface area (Å²) in [6.07, 6.45) is 13.6. The van der Waals surface area contributed by atoms with Crippen LogP contribution in [-0.2, 0) is 6.42 Å². The van der Waals surface area contributed by atoms with E-state index in [-0.39, 0.29) is 0 Å². The van der Waals surface area contributed by atoms with E-state index >= 15 is 0 Å². The first-order valence-electron chi connectivity index (χ1n) is 8.73.